The smallest absolute Gasteiger partial charge is 0.260 e. The lowest BCUT2D eigenvalue weighted by molar-refractivity contribution is -0.133. The first-order chi connectivity index (χ1) is 17.0. The van der Waals surface area contributed by atoms with Crippen molar-refractivity contribution in [3.63, 3.8) is 0 Å². The number of hydrogen-bond acceptors (Lipinski definition) is 7. The Bertz CT molecular complexity index is 1140. The maximum atomic E-state index is 12.6. The highest BCUT2D eigenvalue weighted by atomic mass is 16.5. The lowest BCUT2D eigenvalue weighted by Gasteiger charge is -2.35. The molecule has 0 aliphatic carbocycles. The third-order valence-corrected chi connectivity index (χ3v) is 5.58. The van der Waals surface area contributed by atoms with Crippen LogP contribution in [0.25, 0.3) is 11.3 Å². The highest BCUT2D eigenvalue weighted by Crippen LogP contribution is 2.22. The van der Waals surface area contributed by atoms with Crippen molar-refractivity contribution < 1.29 is 19.1 Å². The molecule has 1 aromatic heterocycles. The largest absolute Gasteiger partial charge is 0.494 e. The van der Waals surface area contributed by atoms with Gasteiger partial charge in [0, 0.05) is 50.4 Å². The van der Waals surface area contributed by atoms with Crippen molar-refractivity contribution in [2.45, 2.75) is 13.8 Å². The normalized spacial score (nSPS) is 13.3. The number of piperazine rings is 1. The Kier molecular flexibility index (Phi) is 7.77. The van der Waals surface area contributed by atoms with E-state index in [0.29, 0.717) is 44.2 Å². The first-order valence-electron chi connectivity index (χ1n) is 11.6. The molecular formula is C26H29N5O4. The second kappa shape index (κ2) is 11.3. The Morgan fingerprint density at radius 1 is 0.914 bits per heavy atom. The molecule has 9 heteroatoms. The van der Waals surface area contributed by atoms with Crippen LogP contribution in [-0.2, 0) is 9.59 Å². The molecule has 0 saturated carbocycles. The van der Waals surface area contributed by atoms with Crippen molar-refractivity contribution in [3.05, 3.63) is 60.7 Å². The maximum Gasteiger partial charge on any atom is 0.260 e. The summed E-state index contributed by atoms with van der Waals surface area (Å²) in [5, 5.41) is 11.5. The van der Waals surface area contributed by atoms with Crippen molar-refractivity contribution in [2.75, 3.05) is 49.6 Å². The van der Waals surface area contributed by atoms with Gasteiger partial charge in [0.1, 0.15) is 11.5 Å². The van der Waals surface area contributed by atoms with Crippen LogP contribution in [0.3, 0.4) is 0 Å². The molecule has 2 amide bonds. The van der Waals surface area contributed by atoms with E-state index in [-0.39, 0.29) is 18.4 Å². The first kappa shape index (κ1) is 24.0. The summed E-state index contributed by atoms with van der Waals surface area (Å²) in [6, 6.07) is 18.7. The number of ether oxygens (including phenoxy) is 2. The molecule has 4 rings (SSSR count). The summed E-state index contributed by atoms with van der Waals surface area (Å²) >= 11 is 0. The molecule has 0 spiro atoms. The van der Waals surface area contributed by atoms with Gasteiger partial charge in [-0.05, 0) is 55.5 Å². The van der Waals surface area contributed by atoms with Gasteiger partial charge in [-0.25, -0.2) is 0 Å². The molecular weight excluding hydrogens is 446 g/mol. The number of carbonyl (C=O) groups excluding carboxylic acids is 2. The number of hydrogen-bond donors (Lipinski definition) is 1. The minimum atomic E-state index is -0.161. The Morgan fingerprint density at radius 3 is 2.34 bits per heavy atom. The zero-order chi connectivity index (χ0) is 24.6. The maximum absolute atomic E-state index is 12.6. The second-order valence-corrected chi connectivity index (χ2v) is 8.10. The molecule has 1 N–H and O–H groups in total. The summed E-state index contributed by atoms with van der Waals surface area (Å²) in [6.45, 7) is 6.47. The summed E-state index contributed by atoms with van der Waals surface area (Å²) < 4.78 is 11.1. The van der Waals surface area contributed by atoms with E-state index in [2.05, 4.69) is 20.4 Å². The number of rotatable bonds is 8. The van der Waals surface area contributed by atoms with Crippen LogP contribution in [0.15, 0.2) is 60.7 Å². The molecule has 2 aromatic carbocycles. The Balaban J connectivity index is 1.26. The van der Waals surface area contributed by atoms with Crippen LogP contribution in [0.1, 0.15) is 13.8 Å². The van der Waals surface area contributed by atoms with E-state index in [1.54, 1.807) is 29.2 Å². The van der Waals surface area contributed by atoms with Gasteiger partial charge >= 0.3 is 0 Å². The van der Waals surface area contributed by atoms with E-state index in [1.165, 1.54) is 6.92 Å². The van der Waals surface area contributed by atoms with Gasteiger partial charge in [0.2, 0.25) is 5.91 Å². The molecule has 35 heavy (non-hydrogen) atoms. The molecule has 9 nitrogen and oxygen atoms in total. The van der Waals surface area contributed by atoms with Crippen LogP contribution < -0.4 is 19.7 Å². The predicted octanol–water partition coefficient (Wildman–Crippen LogP) is 3.23. The fourth-order valence-corrected chi connectivity index (χ4v) is 3.82. The average Bonchev–Trinajstić information content (AvgIpc) is 2.88. The molecule has 1 aliphatic heterocycles. The fourth-order valence-electron chi connectivity index (χ4n) is 3.82. The minimum absolute atomic E-state index is 0.0554. The molecule has 1 aliphatic rings. The average molecular weight is 476 g/mol. The monoisotopic (exact) mass is 475 g/mol. The van der Waals surface area contributed by atoms with E-state index < -0.39 is 0 Å². The SMILES string of the molecule is CCOc1ccc(-c2ccc(N3CCN(C(=O)COc4cccc(NC(C)=O)c4)CC3)nn2)cc1. The van der Waals surface area contributed by atoms with Gasteiger partial charge in [-0.2, -0.15) is 0 Å². The van der Waals surface area contributed by atoms with E-state index in [4.69, 9.17) is 9.47 Å². The molecule has 3 aromatic rings. The number of anilines is 2. The zero-order valence-corrected chi connectivity index (χ0v) is 19.9. The van der Waals surface area contributed by atoms with Gasteiger partial charge in [0.05, 0.1) is 12.3 Å². The second-order valence-electron chi connectivity index (χ2n) is 8.10. The highest BCUT2D eigenvalue weighted by Gasteiger charge is 2.22. The van der Waals surface area contributed by atoms with Crippen molar-refractivity contribution in [1.82, 2.24) is 15.1 Å². The van der Waals surface area contributed by atoms with Crippen LogP contribution >= 0.6 is 0 Å². The van der Waals surface area contributed by atoms with E-state index >= 15 is 0 Å². The van der Waals surface area contributed by atoms with Gasteiger partial charge < -0.3 is 24.6 Å². The van der Waals surface area contributed by atoms with Gasteiger partial charge in [-0.15, -0.1) is 10.2 Å². The van der Waals surface area contributed by atoms with E-state index in [0.717, 1.165) is 22.8 Å². The predicted molar refractivity (Wildman–Crippen MR) is 134 cm³/mol. The summed E-state index contributed by atoms with van der Waals surface area (Å²) in [7, 11) is 0. The standard InChI is InChI=1S/C26H29N5O4/c1-3-34-22-9-7-20(8-10-22)24-11-12-25(29-28-24)30-13-15-31(16-14-30)26(33)18-35-23-6-4-5-21(17-23)27-19(2)32/h4-12,17H,3,13-16,18H2,1-2H3,(H,27,32). The summed E-state index contributed by atoms with van der Waals surface area (Å²) in [4.78, 5) is 27.7. The third-order valence-electron chi connectivity index (χ3n) is 5.58. The summed E-state index contributed by atoms with van der Waals surface area (Å²) in [5.74, 6) is 1.92. The molecule has 1 saturated heterocycles. The zero-order valence-electron chi connectivity index (χ0n) is 19.9. The van der Waals surface area contributed by atoms with Crippen molar-refractivity contribution >= 4 is 23.3 Å². The van der Waals surface area contributed by atoms with Crippen LogP contribution in [0.4, 0.5) is 11.5 Å². The topological polar surface area (TPSA) is 96.9 Å². The molecule has 1 fully saturated rings. The quantitative estimate of drug-likeness (QED) is 0.534. The Morgan fingerprint density at radius 2 is 1.69 bits per heavy atom. The van der Waals surface area contributed by atoms with Crippen LogP contribution in [0.2, 0.25) is 0 Å². The van der Waals surface area contributed by atoms with Crippen LogP contribution in [0, 0.1) is 0 Å². The van der Waals surface area contributed by atoms with Crippen LogP contribution in [0.5, 0.6) is 11.5 Å². The molecule has 2 heterocycles. The van der Waals surface area contributed by atoms with Crippen LogP contribution in [-0.4, -0.2) is 66.3 Å². The van der Waals surface area contributed by atoms with E-state index in [9.17, 15) is 9.59 Å². The van der Waals surface area contributed by atoms with Crippen molar-refractivity contribution in [1.29, 1.82) is 0 Å². The van der Waals surface area contributed by atoms with Crippen molar-refractivity contribution in [2.24, 2.45) is 0 Å². The molecule has 182 valence electrons. The first-order valence-corrected chi connectivity index (χ1v) is 11.6. The third kappa shape index (κ3) is 6.47. The number of benzene rings is 2. The van der Waals surface area contributed by atoms with Gasteiger partial charge in [-0.3, -0.25) is 9.59 Å². The number of nitrogens with zero attached hydrogens (tertiary/aromatic N) is 4. The summed E-state index contributed by atoms with van der Waals surface area (Å²) in [6.07, 6.45) is 0. The van der Waals surface area contributed by atoms with E-state index in [1.807, 2.05) is 43.3 Å². The van der Waals surface area contributed by atoms with Gasteiger partial charge in [0.25, 0.3) is 5.91 Å². The molecule has 0 unspecified atom stereocenters. The lowest BCUT2D eigenvalue weighted by atomic mass is 10.1. The number of carbonyl (C=O) groups is 2. The molecule has 0 atom stereocenters. The Hall–Kier alpha value is -4.14. The molecule has 0 radical (unpaired) electrons. The van der Waals surface area contributed by atoms with Gasteiger partial charge in [0.15, 0.2) is 12.4 Å². The molecule has 0 bridgehead atoms. The minimum Gasteiger partial charge on any atom is -0.494 e. The fraction of sp³-hybridized carbons (Fsp3) is 0.308. The van der Waals surface area contributed by atoms with Crippen molar-refractivity contribution in [3.8, 4) is 22.8 Å². The van der Waals surface area contributed by atoms with Gasteiger partial charge in [-0.1, -0.05) is 6.07 Å². The number of nitrogens with one attached hydrogen (secondary N) is 1. The number of amides is 2. The number of aromatic nitrogens is 2. The highest BCUT2D eigenvalue weighted by molar-refractivity contribution is 5.88. The lowest BCUT2D eigenvalue weighted by Crippen LogP contribution is -2.50. The summed E-state index contributed by atoms with van der Waals surface area (Å²) in [5.41, 5.74) is 2.40. The Labute approximate surface area is 204 Å².